The van der Waals surface area contributed by atoms with Gasteiger partial charge in [-0.15, -0.1) is 0 Å². The Bertz CT molecular complexity index is 327. The van der Waals surface area contributed by atoms with Gasteiger partial charge < -0.3 is 10.2 Å². The topological polar surface area (TPSA) is 42.4 Å². The maximum atomic E-state index is 5.96. The zero-order chi connectivity index (χ0) is 11.7. The Balaban J connectivity index is 1.69. The molecule has 3 heteroatoms. The predicted octanol–water partition coefficient (Wildman–Crippen LogP) is 2.40. The van der Waals surface area contributed by atoms with E-state index < -0.39 is 0 Å². The monoisotopic (exact) mass is 234 g/mol. The summed E-state index contributed by atoms with van der Waals surface area (Å²) in [5, 5.41) is 0. The molecule has 0 spiro atoms. The molecule has 2 fully saturated rings. The lowest BCUT2D eigenvalue weighted by Crippen LogP contribution is -2.36. The molecule has 1 aromatic heterocycles. The fourth-order valence-corrected chi connectivity index (χ4v) is 2.52. The fraction of sp³-hybridized carbons (Fsp3) is 0.714. The van der Waals surface area contributed by atoms with Crippen LogP contribution in [0.3, 0.4) is 0 Å². The van der Waals surface area contributed by atoms with Crippen LogP contribution in [0.2, 0.25) is 0 Å². The number of nitrogens with two attached hydrogens (primary N) is 1. The minimum Gasteiger partial charge on any atom is -0.468 e. The number of hydrogen-bond donors (Lipinski definition) is 1. The van der Waals surface area contributed by atoms with Gasteiger partial charge >= 0.3 is 0 Å². The van der Waals surface area contributed by atoms with Gasteiger partial charge in [0.05, 0.1) is 12.3 Å². The normalized spacial score (nSPS) is 22.0. The summed E-state index contributed by atoms with van der Waals surface area (Å²) in [4.78, 5) is 2.56. The van der Waals surface area contributed by atoms with Crippen LogP contribution in [0.5, 0.6) is 0 Å². The fourth-order valence-electron chi connectivity index (χ4n) is 2.52. The highest BCUT2D eigenvalue weighted by Gasteiger charge is 2.33. The van der Waals surface area contributed by atoms with E-state index in [9.17, 15) is 0 Å². The van der Waals surface area contributed by atoms with Crippen molar-refractivity contribution in [2.45, 2.75) is 31.7 Å². The first-order valence-electron chi connectivity index (χ1n) is 6.84. The van der Waals surface area contributed by atoms with E-state index >= 15 is 0 Å². The third kappa shape index (κ3) is 2.90. The van der Waals surface area contributed by atoms with E-state index in [2.05, 4.69) is 11.0 Å². The highest BCUT2D eigenvalue weighted by Crippen LogP contribution is 2.36. The van der Waals surface area contributed by atoms with E-state index in [4.69, 9.17) is 10.2 Å². The van der Waals surface area contributed by atoms with Gasteiger partial charge in [-0.1, -0.05) is 0 Å². The van der Waals surface area contributed by atoms with Gasteiger partial charge in [0, 0.05) is 19.6 Å². The van der Waals surface area contributed by atoms with Crippen LogP contribution in [0.1, 0.15) is 37.5 Å². The molecule has 2 saturated carbocycles. The lowest BCUT2D eigenvalue weighted by Gasteiger charge is -2.29. The molecule has 0 bridgehead atoms. The number of nitrogens with zero attached hydrogens (tertiary/aromatic N) is 1. The summed E-state index contributed by atoms with van der Waals surface area (Å²) < 4.78 is 5.55. The van der Waals surface area contributed by atoms with Crippen molar-refractivity contribution >= 4 is 0 Å². The van der Waals surface area contributed by atoms with Crippen LogP contribution in [-0.2, 0) is 0 Å². The molecular formula is C14H22N2O. The number of furan rings is 1. The molecule has 17 heavy (non-hydrogen) atoms. The Labute approximate surface area is 103 Å². The van der Waals surface area contributed by atoms with Crippen molar-refractivity contribution in [3.05, 3.63) is 24.2 Å². The van der Waals surface area contributed by atoms with Crippen molar-refractivity contribution in [1.29, 1.82) is 0 Å². The molecule has 94 valence electrons. The first-order valence-corrected chi connectivity index (χ1v) is 6.84. The molecule has 1 heterocycles. The molecule has 0 aromatic carbocycles. The van der Waals surface area contributed by atoms with Crippen molar-refractivity contribution in [2.24, 2.45) is 17.6 Å². The zero-order valence-electron chi connectivity index (χ0n) is 10.3. The lowest BCUT2D eigenvalue weighted by molar-refractivity contribution is 0.164. The Morgan fingerprint density at radius 1 is 1.24 bits per heavy atom. The number of rotatable bonds is 7. The van der Waals surface area contributed by atoms with Gasteiger partial charge in [0.1, 0.15) is 5.76 Å². The summed E-state index contributed by atoms with van der Waals surface area (Å²) in [6, 6.07) is 4.31. The summed E-state index contributed by atoms with van der Waals surface area (Å²) in [5.74, 6) is 2.87. The van der Waals surface area contributed by atoms with Crippen molar-refractivity contribution in [2.75, 3.05) is 19.6 Å². The summed E-state index contributed by atoms with van der Waals surface area (Å²) >= 11 is 0. The standard InChI is InChI=1S/C14H22N2O/c15-8-13(14-2-1-7-17-14)16(9-11-3-4-11)10-12-5-6-12/h1-2,7,11-13H,3-6,8-10,15H2. The van der Waals surface area contributed by atoms with Gasteiger partial charge in [0.2, 0.25) is 0 Å². The predicted molar refractivity (Wildman–Crippen MR) is 67.5 cm³/mol. The molecule has 1 unspecified atom stereocenters. The molecule has 3 rings (SSSR count). The summed E-state index contributed by atoms with van der Waals surface area (Å²) in [7, 11) is 0. The van der Waals surface area contributed by atoms with Gasteiger partial charge in [0.25, 0.3) is 0 Å². The second-order valence-electron chi connectivity index (χ2n) is 5.61. The molecule has 0 amide bonds. The first kappa shape index (κ1) is 11.3. The van der Waals surface area contributed by atoms with Crippen LogP contribution in [-0.4, -0.2) is 24.5 Å². The third-order valence-corrected chi connectivity index (χ3v) is 3.91. The minimum atomic E-state index is 0.284. The highest BCUT2D eigenvalue weighted by molar-refractivity contribution is 5.06. The molecule has 3 nitrogen and oxygen atoms in total. The van der Waals surface area contributed by atoms with E-state index in [-0.39, 0.29) is 6.04 Å². The quantitative estimate of drug-likeness (QED) is 0.787. The maximum absolute atomic E-state index is 5.96. The maximum Gasteiger partial charge on any atom is 0.122 e. The van der Waals surface area contributed by atoms with Crippen molar-refractivity contribution in [1.82, 2.24) is 4.90 Å². The van der Waals surface area contributed by atoms with Gasteiger partial charge in [-0.2, -0.15) is 0 Å². The van der Waals surface area contributed by atoms with E-state index in [1.54, 1.807) is 6.26 Å². The number of hydrogen-bond acceptors (Lipinski definition) is 3. The third-order valence-electron chi connectivity index (χ3n) is 3.91. The summed E-state index contributed by atoms with van der Waals surface area (Å²) in [6.45, 7) is 3.07. The Morgan fingerprint density at radius 2 is 1.88 bits per heavy atom. The van der Waals surface area contributed by atoms with Crippen molar-refractivity contribution < 1.29 is 4.42 Å². The molecule has 1 atom stereocenters. The van der Waals surface area contributed by atoms with Crippen LogP contribution >= 0.6 is 0 Å². The molecule has 2 N–H and O–H groups in total. The van der Waals surface area contributed by atoms with Crippen LogP contribution in [0.25, 0.3) is 0 Å². The van der Waals surface area contributed by atoms with Crippen LogP contribution in [0.15, 0.2) is 22.8 Å². The van der Waals surface area contributed by atoms with E-state index in [0.29, 0.717) is 6.54 Å². The summed E-state index contributed by atoms with van der Waals surface area (Å²) in [5.41, 5.74) is 5.96. The summed E-state index contributed by atoms with van der Waals surface area (Å²) in [6.07, 6.45) is 7.35. The van der Waals surface area contributed by atoms with Crippen LogP contribution in [0, 0.1) is 11.8 Å². The average Bonchev–Trinajstić information content (AvgIpc) is 3.24. The second kappa shape index (κ2) is 4.83. The molecule has 1 aromatic rings. The Kier molecular flexibility index (Phi) is 3.21. The molecule has 0 saturated heterocycles. The Morgan fingerprint density at radius 3 is 2.29 bits per heavy atom. The van der Waals surface area contributed by atoms with Gasteiger partial charge in [-0.3, -0.25) is 4.90 Å². The lowest BCUT2D eigenvalue weighted by atomic mass is 10.1. The van der Waals surface area contributed by atoms with Crippen LogP contribution in [0.4, 0.5) is 0 Å². The molecular weight excluding hydrogens is 212 g/mol. The van der Waals surface area contributed by atoms with Gasteiger partial charge in [0.15, 0.2) is 0 Å². The van der Waals surface area contributed by atoms with E-state index in [0.717, 1.165) is 17.6 Å². The van der Waals surface area contributed by atoms with E-state index in [1.165, 1.54) is 38.8 Å². The second-order valence-corrected chi connectivity index (χ2v) is 5.61. The largest absolute Gasteiger partial charge is 0.468 e. The van der Waals surface area contributed by atoms with Crippen molar-refractivity contribution in [3.63, 3.8) is 0 Å². The first-order chi connectivity index (χ1) is 8.36. The average molecular weight is 234 g/mol. The van der Waals surface area contributed by atoms with E-state index in [1.807, 2.05) is 6.07 Å². The SMILES string of the molecule is NCC(c1ccco1)N(CC1CC1)CC1CC1. The highest BCUT2D eigenvalue weighted by atomic mass is 16.3. The zero-order valence-corrected chi connectivity index (χ0v) is 10.3. The molecule has 2 aliphatic carbocycles. The minimum absolute atomic E-state index is 0.284. The molecule has 0 radical (unpaired) electrons. The van der Waals surface area contributed by atoms with Crippen LogP contribution < -0.4 is 5.73 Å². The Hall–Kier alpha value is -0.800. The van der Waals surface area contributed by atoms with Gasteiger partial charge in [-0.05, 0) is 49.7 Å². The van der Waals surface area contributed by atoms with Crippen molar-refractivity contribution in [3.8, 4) is 0 Å². The smallest absolute Gasteiger partial charge is 0.122 e. The van der Waals surface area contributed by atoms with Gasteiger partial charge in [-0.25, -0.2) is 0 Å². The molecule has 0 aliphatic heterocycles. The molecule has 2 aliphatic rings.